The Morgan fingerprint density at radius 2 is 2.40 bits per heavy atom. The number of carbonyl (C=O) groups is 1. The van der Waals surface area contributed by atoms with Crippen LogP contribution in [0.3, 0.4) is 0 Å². The molecule has 0 aromatic heterocycles. The third-order valence-corrected chi connectivity index (χ3v) is 3.43. The van der Waals surface area contributed by atoms with Gasteiger partial charge in [0.05, 0.1) is 18.6 Å². The van der Waals surface area contributed by atoms with Crippen molar-refractivity contribution in [2.45, 2.75) is 25.3 Å². The molecule has 0 aromatic rings. The summed E-state index contributed by atoms with van der Waals surface area (Å²) in [6.45, 7) is 3.45. The molecule has 4 nitrogen and oxygen atoms in total. The summed E-state index contributed by atoms with van der Waals surface area (Å²) in [6.07, 6.45) is 3.22. The van der Waals surface area contributed by atoms with Crippen molar-refractivity contribution in [1.29, 1.82) is 0 Å². The first kappa shape index (κ1) is 10.9. The van der Waals surface area contributed by atoms with Crippen LogP contribution in [0, 0.1) is 5.92 Å². The molecule has 0 aromatic carbocycles. The van der Waals surface area contributed by atoms with Crippen LogP contribution in [-0.4, -0.2) is 50.2 Å². The van der Waals surface area contributed by atoms with Crippen molar-refractivity contribution < 1.29 is 9.53 Å². The minimum absolute atomic E-state index is 0.211. The van der Waals surface area contributed by atoms with Crippen LogP contribution in [0.25, 0.3) is 0 Å². The summed E-state index contributed by atoms with van der Waals surface area (Å²) in [6, 6.07) is 0.322. The Morgan fingerprint density at radius 3 is 3.07 bits per heavy atom. The molecule has 2 aliphatic rings. The summed E-state index contributed by atoms with van der Waals surface area (Å²) in [5, 5.41) is 3.24. The molecule has 15 heavy (non-hydrogen) atoms. The van der Waals surface area contributed by atoms with Gasteiger partial charge in [0.1, 0.15) is 0 Å². The number of methoxy groups -OCH3 is 1. The van der Waals surface area contributed by atoms with Crippen LogP contribution in [-0.2, 0) is 9.53 Å². The maximum Gasteiger partial charge on any atom is 0.227 e. The zero-order valence-corrected chi connectivity index (χ0v) is 9.37. The van der Waals surface area contributed by atoms with Crippen molar-refractivity contribution in [3.05, 3.63) is 0 Å². The van der Waals surface area contributed by atoms with Gasteiger partial charge in [-0.05, 0) is 25.8 Å². The molecule has 0 saturated carbocycles. The summed E-state index contributed by atoms with van der Waals surface area (Å²) in [7, 11) is 1.71. The molecular weight excluding hydrogens is 192 g/mol. The smallest absolute Gasteiger partial charge is 0.227 e. The van der Waals surface area contributed by atoms with Crippen molar-refractivity contribution in [3.8, 4) is 0 Å². The van der Waals surface area contributed by atoms with Crippen molar-refractivity contribution in [1.82, 2.24) is 10.2 Å². The third kappa shape index (κ3) is 2.32. The lowest BCUT2D eigenvalue weighted by atomic mass is 10.1. The molecule has 4 heteroatoms. The van der Waals surface area contributed by atoms with Crippen molar-refractivity contribution in [2.75, 3.05) is 33.4 Å². The number of hydrogen-bond donors (Lipinski definition) is 1. The molecule has 2 aliphatic heterocycles. The van der Waals surface area contributed by atoms with E-state index in [1.165, 1.54) is 0 Å². The zero-order valence-electron chi connectivity index (χ0n) is 9.37. The van der Waals surface area contributed by atoms with Crippen LogP contribution in [0.2, 0.25) is 0 Å². The second-order valence-corrected chi connectivity index (χ2v) is 4.47. The van der Waals surface area contributed by atoms with Gasteiger partial charge < -0.3 is 15.0 Å². The van der Waals surface area contributed by atoms with Gasteiger partial charge in [-0.25, -0.2) is 0 Å². The molecule has 2 heterocycles. The number of carbonyl (C=O) groups excluding carboxylic acids is 1. The highest BCUT2D eigenvalue weighted by atomic mass is 16.5. The Balaban J connectivity index is 1.92. The second kappa shape index (κ2) is 4.94. The molecular formula is C11H20N2O2. The Labute approximate surface area is 91.0 Å². The lowest BCUT2D eigenvalue weighted by Gasteiger charge is -2.26. The Hall–Kier alpha value is -0.610. The lowest BCUT2D eigenvalue weighted by Crippen LogP contribution is -2.42. The van der Waals surface area contributed by atoms with Crippen LogP contribution in [0.5, 0.6) is 0 Å². The average molecular weight is 212 g/mol. The van der Waals surface area contributed by atoms with Gasteiger partial charge in [0, 0.05) is 20.2 Å². The molecule has 0 aliphatic carbocycles. The fourth-order valence-electron chi connectivity index (χ4n) is 2.59. The highest BCUT2D eigenvalue weighted by Gasteiger charge is 2.33. The molecule has 2 fully saturated rings. The predicted molar refractivity (Wildman–Crippen MR) is 57.6 cm³/mol. The minimum atomic E-state index is 0.211. The normalized spacial score (nSPS) is 31.1. The lowest BCUT2D eigenvalue weighted by molar-refractivity contribution is -0.136. The fourth-order valence-corrected chi connectivity index (χ4v) is 2.59. The quantitative estimate of drug-likeness (QED) is 0.728. The van der Waals surface area contributed by atoms with Gasteiger partial charge in [-0.1, -0.05) is 0 Å². The Morgan fingerprint density at radius 1 is 1.53 bits per heavy atom. The van der Waals surface area contributed by atoms with Gasteiger partial charge in [-0.3, -0.25) is 4.79 Å². The van der Waals surface area contributed by atoms with Gasteiger partial charge in [0.15, 0.2) is 0 Å². The van der Waals surface area contributed by atoms with Crippen molar-refractivity contribution >= 4 is 5.91 Å². The molecule has 1 N–H and O–H groups in total. The van der Waals surface area contributed by atoms with Crippen LogP contribution in [0.4, 0.5) is 0 Å². The Bertz CT molecular complexity index is 227. The molecule has 0 unspecified atom stereocenters. The van der Waals surface area contributed by atoms with Crippen LogP contribution >= 0.6 is 0 Å². The van der Waals surface area contributed by atoms with Gasteiger partial charge in [-0.15, -0.1) is 0 Å². The van der Waals surface area contributed by atoms with E-state index in [0.29, 0.717) is 18.6 Å². The van der Waals surface area contributed by atoms with Gasteiger partial charge in [0.25, 0.3) is 0 Å². The van der Waals surface area contributed by atoms with Gasteiger partial charge >= 0.3 is 0 Å². The number of hydrogen-bond acceptors (Lipinski definition) is 3. The Kier molecular flexibility index (Phi) is 3.59. The molecule has 2 rings (SSSR count). The SMILES string of the molecule is COC[C@H]1CCCN1C(=O)[C@H]1CCNC1. The highest BCUT2D eigenvalue weighted by Crippen LogP contribution is 2.22. The zero-order chi connectivity index (χ0) is 10.7. The number of nitrogens with one attached hydrogen (secondary N) is 1. The van der Waals surface area contributed by atoms with Crippen LogP contribution in [0.1, 0.15) is 19.3 Å². The standard InChI is InChI=1S/C11H20N2O2/c1-15-8-10-3-2-6-13(10)11(14)9-4-5-12-7-9/h9-10,12H,2-8H2,1H3/t9-,10+/m0/s1. The first-order chi connectivity index (χ1) is 7.33. The maximum absolute atomic E-state index is 12.2. The summed E-state index contributed by atoms with van der Waals surface area (Å²) >= 11 is 0. The van der Waals surface area contributed by atoms with Crippen molar-refractivity contribution in [3.63, 3.8) is 0 Å². The van der Waals surface area contributed by atoms with Gasteiger partial charge in [0.2, 0.25) is 5.91 Å². The minimum Gasteiger partial charge on any atom is -0.383 e. The second-order valence-electron chi connectivity index (χ2n) is 4.47. The van der Waals surface area contributed by atoms with Gasteiger partial charge in [-0.2, -0.15) is 0 Å². The van der Waals surface area contributed by atoms with E-state index in [0.717, 1.165) is 38.9 Å². The first-order valence-electron chi connectivity index (χ1n) is 5.83. The van der Waals surface area contributed by atoms with Crippen LogP contribution in [0.15, 0.2) is 0 Å². The van der Waals surface area contributed by atoms with E-state index in [9.17, 15) is 4.79 Å². The number of ether oxygens (including phenoxy) is 1. The van der Waals surface area contributed by atoms with E-state index in [4.69, 9.17) is 4.74 Å². The summed E-state index contributed by atoms with van der Waals surface area (Å²) in [5.74, 6) is 0.544. The maximum atomic E-state index is 12.2. The van der Waals surface area contributed by atoms with Crippen molar-refractivity contribution in [2.24, 2.45) is 5.92 Å². The van der Waals surface area contributed by atoms with E-state index in [2.05, 4.69) is 5.32 Å². The molecule has 0 radical (unpaired) electrons. The van der Waals surface area contributed by atoms with E-state index >= 15 is 0 Å². The molecule has 0 bridgehead atoms. The molecule has 0 spiro atoms. The average Bonchev–Trinajstić information content (AvgIpc) is 2.87. The van der Waals surface area contributed by atoms with E-state index in [1.54, 1.807) is 7.11 Å². The number of rotatable bonds is 3. The van der Waals surface area contributed by atoms with E-state index < -0.39 is 0 Å². The summed E-state index contributed by atoms with van der Waals surface area (Å²) in [4.78, 5) is 14.2. The van der Waals surface area contributed by atoms with Crippen LogP contribution < -0.4 is 5.32 Å². The summed E-state index contributed by atoms with van der Waals surface area (Å²) in [5.41, 5.74) is 0. The molecule has 86 valence electrons. The number of nitrogens with zero attached hydrogens (tertiary/aromatic N) is 1. The monoisotopic (exact) mass is 212 g/mol. The van der Waals surface area contributed by atoms with E-state index in [1.807, 2.05) is 4.90 Å². The third-order valence-electron chi connectivity index (χ3n) is 3.43. The highest BCUT2D eigenvalue weighted by molar-refractivity contribution is 5.80. The number of likely N-dealkylation sites (tertiary alicyclic amines) is 1. The summed E-state index contributed by atoms with van der Waals surface area (Å²) < 4.78 is 5.16. The molecule has 2 atom stereocenters. The first-order valence-corrected chi connectivity index (χ1v) is 5.83. The predicted octanol–water partition coefficient (Wildman–Crippen LogP) is 0.233. The number of amides is 1. The largest absolute Gasteiger partial charge is 0.383 e. The molecule has 1 amide bonds. The van der Waals surface area contributed by atoms with E-state index in [-0.39, 0.29) is 5.92 Å². The molecule has 2 saturated heterocycles. The fraction of sp³-hybridized carbons (Fsp3) is 0.909. The topological polar surface area (TPSA) is 41.6 Å².